The molecule has 0 heterocycles. The lowest BCUT2D eigenvalue weighted by Gasteiger charge is -2.19. The largest absolute Gasteiger partial charge is 0.490 e. The lowest BCUT2D eigenvalue weighted by molar-refractivity contribution is -0.137. The normalized spacial score (nSPS) is 13.9. The Hall–Kier alpha value is -1.51. The van der Waals surface area contributed by atoms with E-state index in [1.54, 1.807) is 0 Å². The van der Waals surface area contributed by atoms with E-state index in [0.717, 1.165) is 12.2 Å². The van der Waals surface area contributed by atoms with Crippen LogP contribution >= 0.6 is 0 Å². The van der Waals surface area contributed by atoms with Gasteiger partial charge in [-0.3, -0.25) is 4.79 Å². The number of hydrogen-bond donors (Lipinski definition) is 1. The van der Waals surface area contributed by atoms with Crippen LogP contribution < -0.4 is 4.74 Å². The molecular weight excluding hydrogens is 228 g/mol. The summed E-state index contributed by atoms with van der Waals surface area (Å²) in [6, 6.07) is 7.99. The second-order valence-corrected chi connectivity index (χ2v) is 4.71. The number of hydrogen-bond acceptors (Lipinski definition) is 2. The average molecular weight is 250 g/mol. The molecule has 2 atom stereocenters. The number of para-hydroxylation sites is 1. The van der Waals surface area contributed by atoms with Crippen LogP contribution in [0.5, 0.6) is 5.75 Å². The number of rotatable bonds is 7. The zero-order valence-corrected chi connectivity index (χ0v) is 11.3. The zero-order chi connectivity index (χ0) is 13.5. The van der Waals surface area contributed by atoms with Crippen LogP contribution in [0.15, 0.2) is 24.3 Å². The number of carboxylic acids is 1. The first kappa shape index (κ1) is 14.6. The highest BCUT2D eigenvalue weighted by Crippen LogP contribution is 2.29. The van der Waals surface area contributed by atoms with Crippen LogP contribution in [-0.4, -0.2) is 17.2 Å². The predicted octanol–water partition coefficient (Wildman–Crippen LogP) is 3.83. The Labute approximate surface area is 109 Å². The molecule has 0 radical (unpaired) electrons. The van der Waals surface area contributed by atoms with Gasteiger partial charge in [0.1, 0.15) is 5.75 Å². The highest BCUT2D eigenvalue weighted by molar-refractivity contribution is 5.66. The number of ether oxygens (including phenoxy) is 1. The third-order valence-electron chi connectivity index (χ3n) is 3.16. The first-order chi connectivity index (χ1) is 8.54. The van der Waals surface area contributed by atoms with Crippen LogP contribution in [0, 0.1) is 0 Å². The quantitative estimate of drug-likeness (QED) is 0.800. The number of benzene rings is 1. The highest BCUT2D eigenvalue weighted by Gasteiger charge is 2.13. The molecule has 3 heteroatoms. The summed E-state index contributed by atoms with van der Waals surface area (Å²) in [5.74, 6) is 0.554. The molecule has 0 saturated carbocycles. The van der Waals surface area contributed by atoms with Crippen molar-refractivity contribution in [3.63, 3.8) is 0 Å². The first-order valence-corrected chi connectivity index (χ1v) is 6.52. The van der Waals surface area contributed by atoms with Crippen LogP contribution in [0.4, 0.5) is 0 Å². The first-order valence-electron chi connectivity index (χ1n) is 6.52. The van der Waals surface area contributed by atoms with Gasteiger partial charge in [-0.1, -0.05) is 32.0 Å². The lowest BCUT2D eigenvalue weighted by Crippen LogP contribution is -2.15. The fourth-order valence-electron chi connectivity index (χ4n) is 1.82. The summed E-state index contributed by atoms with van der Waals surface area (Å²) in [7, 11) is 0. The smallest absolute Gasteiger partial charge is 0.303 e. The van der Waals surface area contributed by atoms with Gasteiger partial charge in [0.05, 0.1) is 6.10 Å². The minimum atomic E-state index is -0.777. The second-order valence-electron chi connectivity index (χ2n) is 4.71. The molecule has 3 nitrogen and oxygen atoms in total. The number of carbonyl (C=O) groups is 1. The Bertz CT molecular complexity index is 387. The monoisotopic (exact) mass is 250 g/mol. The highest BCUT2D eigenvalue weighted by atomic mass is 16.5. The van der Waals surface area contributed by atoms with Gasteiger partial charge in [0.25, 0.3) is 0 Å². The molecule has 0 spiro atoms. The van der Waals surface area contributed by atoms with E-state index in [2.05, 4.69) is 19.9 Å². The predicted molar refractivity (Wildman–Crippen MR) is 72.1 cm³/mol. The Morgan fingerprint density at radius 1 is 1.33 bits per heavy atom. The van der Waals surface area contributed by atoms with Crippen molar-refractivity contribution in [2.45, 2.75) is 52.1 Å². The van der Waals surface area contributed by atoms with E-state index in [9.17, 15) is 4.79 Å². The Morgan fingerprint density at radius 2 is 2.00 bits per heavy atom. The van der Waals surface area contributed by atoms with E-state index in [0.29, 0.717) is 12.3 Å². The molecule has 0 fully saturated rings. The zero-order valence-electron chi connectivity index (χ0n) is 11.3. The molecule has 0 aromatic heterocycles. The standard InChI is InChI=1S/C15H22O3/c1-4-11(2)13-7-5-6-8-14(13)18-12(3)9-10-15(16)17/h5-8,11-12H,4,9-10H2,1-3H3,(H,16,17). The van der Waals surface area contributed by atoms with Crippen LogP contribution in [0.25, 0.3) is 0 Å². The third-order valence-corrected chi connectivity index (χ3v) is 3.16. The topological polar surface area (TPSA) is 46.5 Å². The van der Waals surface area contributed by atoms with Crippen molar-refractivity contribution >= 4 is 5.97 Å². The lowest BCUT2D eigenvalue weighted by atomic mass is 9.98. The summed E-state index contributed by atoms with van der Waals surface area (Å²) >= 11 is 0. The summed E-state index contributed by atoms with van der Waals surface area (Å²) in [5, 5.41) is 8.65. The molecule has 18 heavy (non-hydrogen) atoms. The van der Waals surface area contributed by atoms with Crippen molar-refractivity contribution in [3.05, 3.63) is 29.8 Å². The molecule has 0 aliphatic rings. The molecule has 1 aromatic rings. The summed E-state index contributed by atoms with van der Waals surface area (Å²) in [5.41, 5.74) is 1.20. The fraction of sp³-hybridized carbons (Fsp3) is 0.533. The van der Waals surface area contributed by atoms with Crippen molar-refractivity contribution in [2.75, 3.05) is 0 Å². The molecule has 0 aliphatic heterocycles. The van der Waals surface area contributed by atoms with Crippen molar-refractivity contribution in [1.29, 1.82) is 0 Å². The van der Waals surface area contributed by atoms with Crippen molar-refractivity contribution < 1.29 is 14.6 Å². The van der Waals surface area contributed by atoms with Crippen LogP contribution in [0.1, 0.15) is 51.5 Å². The molecule has 0 aliphatic carbocycles. The molecule has 0 amide bonds. The minimum Gasteiger partial charge on any atom is -0.490 e. The van der Waals surface area contributed by atoms with Crippen LogP contribution in [-0.2, 0) is 4.79 Å². The molecule has 1 N–H and O–H groups in total. The molecule has 0 bridgehead atoms. The van der Waals surface area contributed by atoms with Crippen molar-refractivity contribution in [2.24, 2.45) is 0 Å². The molecular formula is C15H22O3. The van der Waals surface area contributed by atoms with Crippen LogP contribution in [0.2, 0.25) is 0 Å². The van der Waals surface area contributed by atoms with Gasteiger partial charge < -0.3 is 9.84 Å². The molecule has 1 rings (SSSR count). The van der Waals surface area contributed by atoms with E-state index < -0.39 is 5.97 Å². The second kappa shape index (κ2) is 7.04. The SMILES string of the molecule is CCC(C)c1ccccc1OC(C)CCC(=O)O. The van der Waals surface area contributed by atoms with Gasteiger partial charge in [-0.05, 0) is 37.3 Å². The van der Waals surface area contributed by atoms with E-state index in [1.807, 2.05) is 25.1 Å². The third kappa shape index (κ3) is 4.40. The van der Waals surface area contributed by atoms with E-state index in [4.69, 9.17) is 9.84 Å². The fourth-order valence-corrected chi connectivity index (χ4v) is 1.82. The van der Waals surface area contributed by atoms with Gasteiger partial charge in [-0.2, -0.15) is 0 Å². The Balaban J connectivity index is 2.68. The molecule has 100 valence electrons. The van der Waals surface area contributed by atoms with E-state index in [1.165, 1.54) is 5.56 Å². The number of carboxylic acid groups (broad SMARTS) is 1. The molecule has 2 unspecified atom stereocenters. The maximum atomic E-state index is 10.5. The van der Waals surface area contributed by atoms with Gasteiger partial charge in [0, 0.05) is 6.42 Å². The van der Waals surface area contributed by atoms with Crippen molar-refractivity contribution in [1.82, 2.24) is 0 Å². The summed E-state index contributed by atoms with van der Waals surface area (Å²) in [6.07, 6.45) is 1.66. The van der Waals surface area contributed by atoms with Crippen molar-refractivity contribution in [3.8, 4) is 5.75 Å². The van der Waals surface area contributed by atoms with Gasteiger partial charge in [-0.15, -0.1) is 0 Å². The Morgan fingerprint density at radius 3 is 2.61 bits per heavy atom. The summed E-state index contributed by atoms with van der Waals surface area (Å²) < 4.78 is 5.86. The summed E-state index contributed by atoms with van der Waals surface area (Å²) in [4.78, 5) is 10.5. The van der Waals surface area contributed by atoms with Gasteiger partial charge in [0.2, 0.25) is 0 Å². The van der Waals surface area contributed by atoms with Gasteiger partial charge in [-0.25, -0.2) is 0 Å². The molecule has 1 aromatic carbocycles. The average Bonchev–Trinajstić information content (AvgIpc) is 2.36. The Kier molecular flexibility index (Phi) is 5.69. The van der Waals surface area contributed by atoms with Crippen LogP contribution in [0.3, 0.4) is 0 Å². The van der Waals surface area contributed by atoms with E-state index >= 15 is 0 Å². The molecule has 0 saturated heterocycles. The number of aliphatic carboxylic acids is 1. The minimum absolute atomic E-state index is 0.0775. The van der Waals surface area contributed by atoms with Gasteiger partial charge in [0.15, 0.2) is 0 Å². The maximum absolute atomic E-state index is 10.5. The van der Waals surface area contributed by atoms with Gasteiger partial charge >= 0.3 is 5.97 Å². The summed E-state index contributed by atoms with van der Waals surface area (Å²) in [6.45, 7) is 6.23. The van der Waals surface area contributed by atoms with E-state index in [-0.39, 0.29) is 12.5 Å². The maximum Gasteiger partial charge on any atom is 0.303 e.